The Balaban J connectivity index is 2.23. The van der Waals surface area contributed by atoms with Gasteiger partial charge in [-0.3, -0.25) is 0 Å². The molecule has 2 rings (SSSR count). The van der Waals surface area contributed by atoms with Crippen LogP contribution in [-0.2, 0) is 16.3 Å². The molecule has 2 atom stereocenters. The molecule has 0 spiro atoms. The third kappa shape index (κ3) is 2.69. The van der Waals surface area contributed by atoms with Crippen molar-refractivity contribution in [3.8, 4) is 0 Å². The second-order valence-corrected chi connectivity index (χ2v) is 8.04. The fourth-order valence-electron chi connectivity index (χ4n) is 2.58. The van der Waals surface area contributed by atoms with E-state index in [0.29, 0.717) is 19.3 Å². The lowest BCUT2D eigenvalue weighted by Gasteiger charge is -2.27. The van der Waals surface area contributed by atoms with Crippen LogP contribution in [0.15, 0.2) is 5.38 Å². The minimum absolute atomic E-state index is 0.350. The molecule has 0 aliphatic heterocycles. The fourth-order valence-corrected chi connectivity index (χ4v) is 5.07. The van der Waals surface area contributed by atoms with Crippen LogP contribution in [0.2, 0.25) is 0 Å². The molecule has 1 fully saturated rings. The van der Waals surface area contributed by atoms with E-state index in [4.69, 9.17) is 0 Å². The first kappa shape index (κ1) is 13.0. The van der Waals surface area contributed by atoms with E-state index in [1.807, 2.05) is 12.3 Å². The van der Waals surface area contributed by atoms with Gasteiger partial charge in [0, 0.05) is 23.8 Å². The molecule has 1 heterocycles. The normalized spacial score (nSPS) is 29.7. The average molecular weight is 275 g/mol. The average Bonchev–Trinajstić information content (AvgIpc) is 2.72. The third-order valence-corrected chi connectivity index (χ3v) is 5.99. The molecule has 1 aliphatic carbocycles. The first-order valence-electron chi connectivity index (χ1n) is 5.63. The van der Waals surface area contributed by atoms with Gasteiger partial charge in [0.15, 0.2) is 9.84 Å². The van der Waals surface area contributed by atoms with Crippen molar-refractivity contribution < 1.29 is 13.5 Å². The second kappa shape index (κ2) is 4.33. The van der Waals surface area contributed by atoms with Crippen molar-refractivity contribution in [3.63, 3.8) is 0 Å². The summed E-state index contributed by atoms with van der Waals surface area (Å²) in [4.78, 5) is 4.30. The maximum atomic E-state index is 11.7. The molecule has 6 heteroatoms. The van der Waals surface area contributed by atoms with Gasteiger partial charge in [-0.1, -0.05) is 0 Å². The van der Waals surface area contributed by atoms with Crippen LogP contribution in [0, 0.1) is 6.92 Å². The summed E-state index contributed by atoms with van der Waals surface area (Å²) in [6.45, 7) is 1.90. The van der Waals surface area contributed by atoms with Crippen LogP contribution in [0.4, 0.5) is 0 Å². The highest BCUT2D eigenvalue weighted by atomic mass is 32.2. The maximum Gasteiger partial charge on any atom is 0.153 e. The zero-order valence-corrected chi connectivity index (χ0v) is 11.6. The van der Waals surface area contributed by atoms with Gasteiger partial charge in [-0.05, 0) is 26.2 Å². The van der Waals surface area contributed by atoms with Crippen molar-refractivity contribution in [2.75, 3.05) is 6.26 Å². The van der Waals surface area contributed by atoms with E-state index in [1.54, 1.807) is 0 Å². The summed E-state index contributed by atoms with van der Waals surface area (Å²) in [6.07, 6.45) is 3.42. The van der Waals surface area contributed by atoms with Gasteiger partial charge in [0.05, 0.1) is 15.9 Å². The Hall–Kier alpha value is -0.460. The van der Waals surface area contributed by atoms with Crippen LogP contribution < -0.4 is 0 Å². The number of nitrogens with zero attached hydrogens (tertiary/aromatic N) is 1. The third-order valence-electron chi connectivity index (χ3n) is 3.32. The Labute approximate surface area is 106 Å². The number of aryl methyl sites for hydroxylation is 1. The van der Waals surface area contributed by atoms with Crippen molar-refractivity contribution in [3.05, 3.63) is 16.1 Å². The first-order chi connectivity index (χ1) is 7.81. The Morgan fingerprint density at radius 2 is 2.35 bits per heavy atom. The van der Waals surface area contributed by atoms with Gasteiger partial charge < -0.3 is 5.11 Å². The summed E-state index contributed by atoms with van der Waals surface area (Å²) in [5, 5.41) is 12.6. The maximum absolute atomic E-state index is 11.7. The first-order valence-corrected chi connectivity index (χ1v) is 8.47. The van der Waals surface area contributed by atoms with Gasteiger partial charge >= 0.3 is 0 Å². The van der Waals surface area contributed by atoms with Crippen LogP contribution in [0.5, 0.6) is 0 Å². The van der Waals surface area contributed by atoms with Gasteiger partial charge in [-0.2, -0.15) is 0 Å². The van der Waals surface area contributed by atoms with Crippen molar-refractivity contribution in [2.24, 2.45) is 0 Å². The zero-order valence-electron chi connectivity index (χ0n) is 10.0. The summed E-state index contributed by atoms with van der Waals surface area (Å²) in [7, 11) is -3.20. The van der Waals surface area contributed by atoms with Gasteiger partial charge in [0.1, 0.15) is 0 Å². The number of aromatic nitrogens is 1. The van der Waals surface area contributed by atoms with E-state index < -0.39 is 20.7 Å². The number of hydrogen-bond acceptors (Lipinski definition) is 5. The molecule has 1 saturated carbocycles. The Morgan fingerprint density at radius 1 is 1.65 bits per heavy atom. The summed E-state index contributed by atoms with van der Waals surface area (Å²) in [6, 6.07) is 0. The zero-order chi connectivity index (χ0) is 12.7. The number of aliphatic hydroxyl groups is 1. The van der Waals surface area contributed by atoms with Crippen molar-refractivity contribution in [1.29, 1.82) is 0 Å². The molecule has 2 unspecified atom stereocenters. The Morgan fingerprint density at radius 3 is 2.88 bits per heavy atom. The van der Waals surface area contributed by atoms with Crippen molar-refractivity contribution in [1.82, 2.24) is 4.98 Å². The second-order valence-electron chi connectivity index (χ2n) is 4.87. The summed E-state index contributed by atoms with van der Waals surface area (Å²) in [5.74, 6) is 0. The topological polar surface area (TPSA) is 67.3 Å². The minimum atomic E-state index is -3.20. The molecule has 0 bridgehead atoms. The standard InChI is InChI=1S/C11H17NO3S2/c1-8-7-16-10(12-8)6-11(13)5-3-4-9(11)17(2,14)15/h7,9,13H,3-6H2,1-2H3. The van der Waals surface area contributed by atoms with Gasteiger partial charge in [0.25, 0.3) is 0 Å². The van der Waals surface area contributed by atoms with E-state index in [9.17, 15) is 13.5 Å². The number of thiazole rings is 1. The van der Waals surface area contributed by atoms with Crippen LogP contribution >= 0.6 is 11.3 Å². The number of hydrogen-bond donors (Lipinski definition) is 1. The molecule has 4 nitrogen and oxygen atoms in total. The van der Waals surface area contributed by atoms with Crippen molar-refractivity contribution in [2.45, 2.75) is 43.5 Å². The molecule has 0 amide bonds. The van der Waals surface area contributed by atoms with E-state index >= 15 is 0 Å². The largest absolute Gasteiger partial charge is 0.388 e. The van der Waals surface area contributed by atoms with Crippen LogP contribution in [-0.4, -0.2) is 35.6 Å². The molecule has 1 aromatic rings. The van der Waals surface area contributed by atoms with E-state index in [-0.39, 0.29) is 0 Å². The van der Waals surface area contributed by atoms with Gasteiger partial charge in [-0.25, -0.2) is 13.4 Å². The lowest BCUT2D eigenvalue weighted by Crippen LogP contribution is -2.44. The van der Waals surface area contributed by atoms with Crippen LogP contribution in [0.1, 0.15) is 30.0 Å². The molecule has 0 saturated heterocycles. The SMILES string of the molecule is Cc1csc(CC2(O)CCCC2S(C)(=O)=O)n1. The number of rotatable bonds is 3. The fraction of sp³-hybridized carbons (Fsp3) is 0.727. The molecule has 1 N–H and O–H groups in total. The summed E-state index contributed by atoms with van der Waals surface area (Å²) >= 11 is 1.48. The molecular weight excluding hydrogens is 258 g/mol. The monoisotopic (exact) mass is 275 g/mol. The van der Waals surface area contributed by atoms with E-state index in [1.165, 1.54) is 17.6 Å². The molecule has 96 valence electrons. The smallest absolute Gasteiger partial charge is 0.153 e. The van der Waals surface area contributed by atoms with Crippen LogP contribution in [0.3, 0.4) is 0 Å². The summed E-state index contributed by atoms with van der Waals surface area (Å²) < 4.78 is 23.3. The highest BCUT2D eigenvalue weighted by molar-refractivity contribution is 7.91. The lowest BCUT2D eigenvalue weighted by molar-refractivity contribution is 0.0512. The Kier molecular flexibility index (Phi) is 3.31. The van der Waals surface area contributed by atoms with Crippen molar-refractivity contribution >= 4 is 21.2 Å². The van der Waals surface area contributed by atoms with Crippen LogP contribution in [0.25, 0.3) is 0 Å². The molecule has 0 radical (unpaired) electrons. The number of sulfone groups is 1. The summed E-state index contributed by atoms with van der Waals surface area (Å²) in [5.41, 5.74) is -0.208. The molecular formula is C11H17NO3S2. The predicted molar refractivity (Wildman–Crippen MR) is 68.0 cm³/mol. The minimum Gasteiger partial charge on any atom is -0.388 e. The lowest BCUT2D eigenvalue weighted by atomic mass is 9.98. The molecule has 0 aromatic carbocycles. The molecule has 1 aliphatic rings. The quantitative estimate of drug-likeness (QED) is 0.903. The molecule has 1 aromatic heterocycles. The van der Waals surface area contributed by atoms with Gasteiger partial charge in [-0.15, -0.1) is 11.3 Å². The predicted octanol–water partition coefficient (Wildman–Crippen LogP) is 1.32. The van der Waals surface area contributed by atoms with E-state index in [2.05, 4.69) is 4.98 Å². The van der Waals surface area contributed by atoms with Gasteiger partial charge in [0.2, 0.25) is 0 Å². The molecule has 17 heavy (non-hydrogen) atoms. The highest BCUT2D eigenvalue weighted by Crippen LogP contribution is 2.37. The van der Waals surface area contributed by atoms with E-state index in [0.717, 1.165) is 17.1 Å². The Bertz CT molecular complexity index is 509. The highest BCUT2D eigenvalue weighted by Gasteiger charge is 2.47.